The normalized spacial score (nSPS) is 11.3. The Bertz CT molecular complexity index is 1730. The number of rotatable bonds is 6. The van der Waals surface area contributed by atoms with Crippen LogP contribution in [0.1, 0.15) is 26.3 Å². The van der Waals surface area contributed by atoms with E-state index in [2.05, 4.69) is 193 Å². The molecule has 0 aliphatic heterocycles. The van der Waals surface area contributed by atoms with Crippen molar-refractivity contribution in [2.75, 3.05) is 4.90 Å². The lowest BCUT2D eigenvalue weighted by Crippen LogP contribution is -2.16. The summed E-state index contributed by atoms with van der Waals surface area (Å²) in [5.74, 6) is 0. The summed E-state index contributed by atoms with van der Waals surface area (Å²) in [4.78, 5) is 2.43. The topological polar surface area (TPSA) is 3.24 Å². The summed E-state index contributed by atoms with van der Waals surface area (Å²) < 4.78 is 1.06. The minimum atomic E-state index is -0.0113. The first-order chi connectivity index (χ1) is 20.4. The molecule has 6 aromatic carbocycles. The Labute approximate surface area is 258 Å². The highest BCUT2D eigenvalue weighted by molar-refractivity contribution is 9.10. The van der Waals surface area contributed by atoms with Crippen molar-refractivity contribution in [3.05, 3.63) is 162 Å². The van der Waals surface area contributed by atoms with Gasteiger partial charge < -0.3 is 4.90 Å². The second-order valence-corrected chi connectivity index (χ2v) is 12.6. The number of halogens is 1. The number of hydrogen-bond acceptors (Lipinski definition) is 1. The molecular formula is C40H34BrN. The van der Waals surface area contributed by atoms with E-state index in [1.807, 2.05) is 0 Å². The molecule has 0 aliphatic carbocycles. The van der Waals surface area contributed by atoms with Crippen LogP contribution < -0.4 is 4.90 Å². The molecule has 206 valence electrons. The van der Waals surface area contributed by atoms with Gasteiger partial charge in [0.15, 0.2) is 0 Å². The van der Waals surface area contributed by atoms with E-state index in [4.69, 9.17) is 0 Å². The average Bonchev–Trinajstić information content (AvgIpc) is 3.02. The number of benzene rings is 6. The monoisotopic (exact) mass is 607 g/mol. The number of anilines is 3. The highest BCUT2D eigenvalue weighted by Gasteiger charge is 2.25. The van der Waals surface area contributed by atoms with Crippen LogP contribution in [0.15, 0.2) is 156 Å². The van der Waals surface area contributed by atoms with E-state index in [1.54, 1.807) is 0 Å². The lowest BCUT2D eigenvalue weighted by Gasteiger charge is -2.32. The van der Waals surface area contributed by atoms with Crippen LogP contribution in [0.4, 0.5) is 17.1 Å². The van der Waals surface area contributed by atoms with E-state index in [-0.39, 0.29) is 5.41 Å². The molecule has 0 saturated carbocycles. The molecule has 0 bridgehead atoms. The summed E-state index contributed by atoms with van der Waals surface area (Å²) in [6, 6.07) is 54.4. The third kappa shape index (κ3) is 5.82. The zero-order chi connectivity index (χ0) is 29.1. The average molecular weight is 609 g/mol. The van der Waals surface area contributed by atoms with Crippen LogP contribution in [-0.4, -0.2) is 0 Å². The number of hydrogen-bond donors (Lipinski definition) is 0. The van der Waals surface area contributed by atoms with Crippen molar-refractivity contribution < 1.29 is 0 Å². The van der Waals surface area contributed by atoms with Gasteiger partial charge in [-0.15, -0.1) is 0 Å². The van der Waals surface area contributed by atoms with E-state index in [9.17, 15) is 0 Å². The molecule has 6 aromatic rings. The van der Waals surface area contributed by atoms with Gasteiger partial charge in [-0.05, 0) is 75.7 Å². The lowest BCUT2D eigenvalue weighted by molar-refractivity contribution is 0.590. The smallest absolute Gasteiger partial charge is 0.0618 e. The first-order valence-electron chi connectivity index (χ1n) is 14.4. The maximum atomic E-state index is 3.86. The third-order valence-corrected chi connectivity index (χ3v) is 8.09. The Morgan fingerprint density at radius 3 is 1.38 bits per heavy atom. The molecule has 0 fully saturated rings. The molecule has 2 heteroatoms. The molecular weight excluding hydrogens is 574 g/mol. The summed E-state index contributed by atoms with van der Waals surface area (Å²) >= 11 is 3.86. The largest absolute Gasteiger partial charge is 0.309 e. The quantitative estimate of drug-likeness (QED) is 0.182. The third-order valence-electron chi connectivity index (χ3n) is 7.63. The Balaban J connectivity index is 1.75. The van der Waals surface area contributed by atoms with Gasteiger partial charge in [0.05, 0.1) is 5.69 Å². The van der Waals surface area contributed by atoms with Crippen molar-refractivity contribution in [3.63, 3.8) is 0 Å². The van der Waals surface area contributed by atoms with Crippen LogP contribution in [-0.2, 0) is 5.41 Å². The first-order valence-corrected chi connectivity index (χ1v) is 15.2. The highest BCUT2D eigenvalue weighted by atomic mass is 79.9. The molecule has 1 nitrogen and oxygen atoms in total. The van der Waals surface area contributed by atoms with Crippen molar-refractivity contribution in [3.8, 4) is 33.4 Å². The van der Waals surface area contributed by atoms with Crippen molar-refractivity contribution >= 4 is 33.0 Å². The number of nitrogens with zero attached hydrogens (tertiary/aromatic N) is 1. The SMILES string of the molecule is CC(C)(C)c1cc(Br)cc(N(c2ccccc2)c2c(-c3ccccc3)cc(-c3ccccc3)cc2-c2ccccc2)c1. The van der Waals surface area contributed by atoms with Crippen LogP contribution >= 0.6 is 15.9 Å². The molecule has 0 heterocycles. The van der Waals surface area contributed by atoms with Crippen LogP contribution in [0.5, 0.6) is 0 Å². The second kappa shape index (κ2) is 11.8. The molecule has 0 N–H and O–H groups in total. The second-order valence-electron chi connectivity index (χ2n) is 11.6. The molecule has 0 amide bonds. The predicted octanol–water partition coefficient (Wildman–Crippen LogP) is 12.2. The van der Waals surface area contributed by atoms with Crippen molar-refractivity contribution in [2.24, 2.45) is 0 Å². The molecule has 6 rings (SSSR count). The van der Waals surface area contributed by atoms with Gasteiger partial charge in [0.1, 0.15) is 0 Å². The minimum Gasteiger partial charge on any atom is -0.309 e. The molecule has 42 heavy (non-hydrogen) atoms. The van der Waals surface area contributed by atoms with Gasteiger partial charge in [-0.1, -0.05) is 146 Å². The fourth-order valence-electron chi connectivity index (χ4n) is 5.47. The van der Waals surface area contributed by atoms with E-state index < -0.39 is 0 Å². The van der Waals surface area contributed by atoms with Gasteiger partial charge >= 0.3 is 0 Å². The molecule has 0 unspecified atom stereocenters. The predicted molar refractivity (Wildman–Crippen MR) is 184 cm³/mol. The van der Waals surface area contributed by atoms with Gasteiger partial charge in [-0.2, -0.15) is 0 Å². The fourth-order valence-corrected chi connectivity index (χ4v) is 5.95. The summed E-state index contributed by atoms with van der Waals surface area (Å²) in [5.41, 5.74) is 11.7. The standard InChI is InChI=1S/C40H34BrN/c1-40(2,3)33-26-34(41)28-36(27-33)42(35-22-14-7-15-23-35)39-37(30-18-10-5-11-19-30)24-32(29-16-8-4-9-17-29)25-38(39)31-20-12-6-13-21-31/h4-28H,1-3H3. The van der Waals surface area contributed by atoms with Crippen LogP contribution in [0, 0.1) is 0 Å². The molecule has 0 aromatic heterocycles. The lowest BCUT2D eigenvalue weighted by atomic mass is 9.86. The van der Waals surface area contributed by atoms with Crippen molar-refractivity contribution in [2.45, 2.75) is 26.2 Å². The van der Waals surface area contributed by atoms with E-state index in [1.165, 1.54) is 38.9 Å². The highest BCUT2D eigenvalue weighted by Crippen LogP contribution is 2.49. The Hall–Kier alpha value is -4.40. The number of para-hydroxylation sites is 1. The van der Waals surface area contributed by atoms with E-state index in [0.29, 0.717) is 0 Å². The summed E-state index contributed by atoms with van der Waals surface area (Å²) in [5, 5.41) is 0. The fraction of sp³-hybridized carbons (Fsp3) is 0.100. The molecule has 0 aliphatic rings. The first kappa shape index (κ1) is 27.8. The zero-order valence-corrected chi connectivity index (χ0v) is 25.8. The van der Waals surface area contributed by atoms with Gasteiger partial charge in [0.25, 0.3) is 0 Å². The molecule has 0 saturated heterocycles. The van der Waals surface area contributed by atoms with Crippen LogP contribution in [0.25, 0.3) is 33.4 Å². The van der Waals surface area contributed by atoms with Crippen molar-refractivity contribution in [1.29, 1.82) is 0 Å². The van der Waals surface area contributed by atoms with Crippen LogP contribution in [0.2, 0.25) is 0 Å². The van der Waals surface area contributed by atoms with Gasteiger partial charge in [0, 0.05) is 27.0 Å². The Morgan fingerprint density at radius 1 is 0.452 bits per heavy atom. The van der Waals surface area contributed by atoms with Gasteiger partial charge in [-0.3, -0.25) is 0 Å². The molecule has 0 spiro atoms. The maximum Gasteiger partial charge on any atom is 0.0618 e. The summed E-state index contributed by atoms with van der Waals surface area (Å²) in [6.45, 7) is 6.81. The maximum absolute atomic E-state index is 3.86. The summed E-state index contributed by atoms with van der Waals surface area (Å²) in [6.07, 6.45) is 0. The van der Waals surface area contributed by atoms with E-state index >= 15 is 0 Å². The zero-order valence-electron chi connectivity index (χ0n) is 24.3. The van der Waals surface area contributed by atoms with Crippen LogP contribution in [0.3, 0.4) is 0 Å². The Kier molecular flexibility index (Phi) is 7.82. The molecule has 0 atom stereocenters. The summed E-state index contributed by atoms with van der Waals surface area (Å²) in [7, 11) is 0. The van der Waals surface area contributed by atoms with Gasteiger partial charge in [-0.25, -0.2) is 0 Å². The van der Waals surface area contributed by atoms with E-state index in [0.717, 1.165) is 21.5 Å². The molecule has 0 radical (unpaired) electrons. The van der Waals surface area contributed by atoms with Gasteiger partial charge in [0.2, 0.25) is 0 Å². The Morgan fingerprint density at radius 2 is 0.905 bits per heavy atom. The minimum absolute atomic E-state index is 0.0113. The van der Waals surface area contributed by atoms with Crippen molar-refractivity contribution in [1.82, 2.24) is 0 Å².